The van der Waals surface area contributed by atoms with Gasteiger partial charge < -0.3 is 10.2 Å². The summed E-state index contributed by atoms with van der Waals surface area (Å²) in [4.78, 5) is 29.5. The lowest BCUT2D eigenvalue weighted by Gasteiger charge is -2.34. The van der Waals surface area contributed by atoms with E-state index in [-0.39, 0.29) is 24.9 Å². The van der Waals surface area contributed by atoms with Crippen molar-refractivity contribution in [2.75, 3.05) is 17.1 Å². The first-order chi connectivity index (χ1) is 19.5. The molecule has 0 radical (unpaired) electrons. The minimum absolute atomic E-state index is 0.0373. The molecule has 0 bridgehead atoms. The van der Waals surface area contributed by atoms with Gasteiger partial charge >= 0.3 is 0 Å². The van der Waals surface area contributed by atoms with Crippen molar-refractivity contribution in [1.29, 1.82) is 0 Å². The summed E-state index contributed by atoms with van der Waals surface area (Å²) >= 11 is 14.6. The van der Waals surface area contributed by atoms with Gasteiger partial charge in [-0.1, -0.05) is 72.4 Å². The van der Waals surface area contributed by atoms with Crippen LogP contribution >= 0.6 is 45.8 Å². The molecule has 1 saturated carbocycles. The Balaban J connectivity index is 1.73. The Hall–Kier alpha value is -2.34. The first-order valence-electron chi connectivity index (χ1n) is 13.3. The van der Waals surface area contributed by atoms with E-state index in [1.165, 1.54) is 4.90 Å². The van der Waals surface area contributed by atoms with Gasteiger partial charge in [-0.05, 0) is 83.0 Å². The van der Waals surface area contributed by atoms with Crippen molar-refractivity contribution in [2.24, 2.45) is 0 Å². The molecule has 2 amide bonds. The molecular formula is C30H32Cl2IN3O4S. The molecule has 3 aromatic rings. The van der Waals surface area contributed by atoms with Crippen molar-refractivity contribution in [1.82, 2.24) is 10.2 Å². The predicted octanol–water partition coefficient (Wildman–Crippen LogP) is 6.06. The van der Waals surface area contributed by atoms with Crippen LogP contribution in [-0.2, 0) is 32.6 Å². The molecule has 4 rings (SSSR count). The van der Waals surface area contributed by atoms with Gasteiger partial charge in [0.15, 0.2) is 0 Å². The third kappa shape index (κ3) is 8.83. The van der Waals surface area contributed by atoms with Gasteiger partial charge in [-0.3, -0.25) is 13.9 Å². The van der Waals surface area contributed by atoms with Gasteiger partial charge in [0.2, 0.25) is 21.8 Å². The predicted molar refractivity (Wildman–Crippen MR) is 173 cm³/mol. The number of hydrogen-bond acceptors (Lipinski definition) is 4. The van der Waals surface area contributed by atoms with Crippen molar-refractivity contribution < 1.29 is 18.0 Å². The molecule has 0 spiro atoms. The van der Waals surface area contributed by atoms with Crippen LogP contribution in [0, 0.1) is 3.57 Å². The molecule has 0 saturated heterocycles. The van der Waals surface area contributed by atoms with E-state index in [1.54, 1.807) is 42.5 Å². The van der Waals surface area contributed by atoms with Crippen molar-refractivity contribution in [3.8, 4) is 0 Å². The molecule has 0 unspecified atom stereocenters. The van der Waals surface area contributed by atoms with E-state index in [9.17, 15) is 18.0 Å². The zero-order chi connectivity index (χ0) is 29.6. The lowest BCUT2D eigenvalue weighted by molar-refractivity contribution is -0.140. The number of halogens is 3. The lowest BCUT2D eigenvalue weighted by Crippen LogP contribution is -2.54. The second-order valence-corrected chi connectivity index (χ2v) is 14.2. The third-order valence-electron chi connectivity index (χ3n) is 7.10. The zero-order valence-electron chi connectivity index (χ0n) is 22.6. The summed E-state index contributed by atoms with van der Waals surface area (Å²) < 4.78 is 27.8. The number of nitrogens with zero attached hydrogens (tertiary/aromatic N) is 2. The molecule has 1 aliphatic rings. The molecule has 0 heterocycles. The van der Waals surface area contributed by atoms with E-state index >= 15 is 0 Å². The third-order valence-corrected chi connectivity index (χ3v) is 9.70. The Morgan fingerprint density at radius 2 is 1.61 bits per heavy atom. The van der Waals surface area contributed by atoms with E-state index in [1.807, 2.05) is 30.3 Å². The molecule has 1 atom stereocenters. The van der Waals surface area contributed by atoms with E-state index in [2.05, 4.69) is 27.9 Å². The fourth-order valence-electron chi connectivity index (χ4n) is 4.98. The summed E-state index contributed by atoms with van der Waals surface area (Å²) in [6.45, 7) is -0.432. The average molecular weight is 728 g/mol. The van der Waals surface area contributed by atoms with Crippen LogP contribution in [0.25, 0.3) is 0 Å². The van der Waals surface area contributed by atoms with E-state index < -0.39 is 28.5 Å². The molecule has 41 heavy (non-hydrogen) atoms. The maximum atomic E-state index is 14.1. The first kappa shape index (κ1) is 31.6. The second-order valence-electron chi connectivity index (χ2n) is 10.2. The Labute approximate surface area is 265 Å². The average Bonchev–Trinajstić information content (AvgIpc) is 3.44. The highest BCUT2D eigenvalue weighted by Gasteiger charge is 2.34. The van der Waals surface area contributed by atoms with Crippen LogP contribution < -0.4 is 9.62 Å². The standard InChI is InChI=1S/C30H32Cl2IN3O4S/c1-41(39,40)36(25-14-12-23(33)13-15-25)20-29(37)35(19-22-11-16-26(31)27(32)17-22)28(18-21-7-3-2-4-8-21)30(38)34-24-9-5-6-10-24/h2-4,7-8,11-17,24,28H,5-6,9-10,18-20H2,1H3,(H,34,38)/t28-/m0/s1. The number of nitrogens with one attached hydrogen (secondary N) is 1. The Kier molecular flexibility index (Phi) is 11.0. The number of amides is 2. The molecule has 3 aromatic carbocycles. The Bertz CT molecular complexity index is 1470. The summed E-state index contributed by atoms with van der Waals surface area (Å²) in [6.07, 6.45) is 5.18. The smallest absolute Gasteiger partial charge is 0.244 e. The molecule has 11 heteroatoms. The number of carbonyl (C=O) groups is 2. The van der Waals surface area contributed by atoms with Gasteiger partial charge in [0, 0.05) is 22.6 Å². The summed E-state index contributed by atoms with van der Waals surface area (Å²) in [6, 6.07) is 20.5. The largest absolute Gasteiger partial charge is 0.352 e. The molecule has 7 nitrogen and oxygen atoms in total. The van der Waals surface area contributed by atoms with Crippen LogP contribution in [0.2, 0.25) is 10.0 Å². The van der Waals surface area contributed by atoms with Gasteiger partial charge in [0.05, 0.1) is 22.0 Å². The van der Waals surface area contributed by atoms with Gasteiger partial charge in [0.25, 0.3) is 0 Å². The monoisotopic (exact) mass is 727 g/mol. The summed E-state index contributed by atoms with van der Waals surface area (Å²) in [5.41, 5.74) is 1.91. The van der Waals surface area contributed by atoms with Gasteiger partial charge in [0.1, 0.15) is 12.6 Å². The number of sulfonamides is 1. The van der Waals surface area contributed by atoms with Crippen LogP contribution in [0.15, 0.2) is 72.8 Å². The van der Waals surface area contributed by atoms with Gasteiger partial charge in [-0.25, -0.2) is 8.42 Å². The second kappa shape index (κ2) is 14.2. The normalized spacial score (nSPS) is 14.4. The quantitative estimate of drug-likeness (QED) is 0.244. The SMILES string of the molecule is CS(=O)(=O)N(CC(=O)N(Cc1ccc(Cl)c(Cl)c1)[C@@H](Cc1ccccc1)C(=O)NC1CCCC1)c1ccc(I)cc1. The maximum Gasteiger partial charge on any atom is 0.244 e. The summed E-state index contributed by atoms with van der Waals surface area (Å²) in [7, 11) is -3.82. The molecule has 1 N–H and O–H groups in total. The minimum Gasteiger partial charge on any atom is -0.352 e. The summed E-state index contributed by atoms with van der Waals surface area (Å²) in [5.74, 6) is -0.781. The number of rotatable bonds is 11. The van der Waals surface area contributed by atoms with Crippen molar-refractivity contribution in [3.05, 3.63) is 97.5 Å². The van der Waals surface area contributed by atoms with Crippen LogP contribution in [0.3, 0.4) is 0 Å². The molecule has 0 aromatic heterocycles. The number of carbonyl (C=O) groups excluding carboxylic acids is 2. The van der Waals surface area contributed by atoms with Crippen LogP contribution in [-0.4, -0.2) is 50.0 Å². The summed E-state index contributed by atoms with van der Waals surface area (Å²) in [5, 5.41) is 3.84. The molecule has 0 aliphatic heterocycles. The zero-order valence-corrected chi connectivity index (χ0v) is 27.1. The number of hydrogen-bond donors (Lipinski definition) is 1. The topological polar surface area (TPSA) is 86.8 Å². The van der Waals surface area contributed by atoms with E-state index in [4.69, 9.17) is 23.2 Å². The van der Waals surface area contributed by atoms with Crippen molar-refractivity contribution >= 4 is 73.3 Å². The van der Waals surface area contributed by atoms with Gasteiger partial charge in [-0.2, -0.15) is 0 Å². The highest BCUT2D eigenvalue weighted by atomic mass is 127. The lowest BCUT2D eigenvalue weighted by atomic mass is 10.0. The van der Waals surface area contributed by atoms with E-state index in [0.717, 1.165) is 45.4 Å². The van der Waals surface area contributed by atoms with E-state index in [0.29, 0.717) is 21.3 Å². The fraction of sp³-hybridized carbons (Fsp3) is 0.333. The van der Waals surface area contributed by atoms with Crippen molar-refractivity contribution in [2.45, 2.75) is 50.7 Å². The highest BCUT2D eigenvalue weighted by molar-refractivity contribution is 14.1. The number of anilines is 1. The van der Waals surface area contributed by atoms with Crippen LogP contribution in [0.4, 0.5) is 5.69 Å². The fourth-order valence-corrected chi connectivity index (χ4v) is 6.51. The minimum atomic E-state index is -3.82. The van der Waals surface area contributed by atoms with Gasteiger partial charge in [-0.15, -0.1) is 0 Å². The molecule has 218 valence electrons. The molecule has 1 fully saturated rings. The Morgan fingerprint density at radius 3 is 2.22 bits per heavy atom. The molecular weight excluding hydrogens is 696 g/mol. The van der Waals surface area contributed by atoms with Crippen LogP contribution in [0.5, 0.6) is 0 Å². The number of benzene rings is 3. The van der Waals surface area contributed by atoms with Crippen LogP contribution in [0.1, 0.15) is 36.8 Å². The molecule has 1 aliphatic carbocycles. The maximum absolute atomic E-state index is 14.1. The Morgan fingerprint density at radius 1 is 0.951 bits per heavy atom. The first-order valence-corrected chi connectivity index (χ1v) is 17.0. The van der Waals surface area contributed by atoms with Crippen molar-refractivity contribution in [3.63, 3.8) is 0 Å². The highest BCUT2D eigenvalue weighted by Crippen LogP contribution is 2.26.